The topological polar surface area (TPSA) is 120 Å². The van der Waals surface area contributed by atoms with Gasteiger partial charge in [-0.15, -0.1) is 0 Å². The molecule has 7 nitrogen and oxygen atoms in total. The molecule has 1 saturated heterocycles. The molecule has 1 heterocycles. The summed E-state index contributed by atoms with van der Waals surface area (Å²) in [6.07, 6.45) is -3.08. The van der Waals surface area contributed by atoms with E-state index < -0.39 is 43.4 Å². The van der Waals surface area contributed by atoms with Crippen LogP contribution in [0.3, 0.4) is 0 Å². The Hall–Kier alpha value is -0.280. The number of aliphatic hydroxyl groups excluding tert-OH is 5. The van der Waals surface area contributed by atoms with Crippen molar-refractivity contribution in [2.45, 2.75) is 75.0 Å². The third-order valence-electron chi connectivity index (χ3n) is 4.05. The summed E-state index contributed by atoms with van der Waals surface area (Å²) in [7, 11) is 0. The fraction of sp³-hybridized carbons (Fsp3) is 1.00. The van der Waals surface area contributed by atoms with Crippen LogP contribution in [-0.2, 0) is 9.47 Å². The highest BCUT2D eigenvalue weighted by Crippen LogP contribution is 2.28. The summed E-state index contributed by atoms with van der Waals surface area (Å²) >= 11 is 0. The molecule has 6 unspecified atom stereocenters. The maximum Gasteiger partial charge on any atom is 0.186 e. The van der Waals surface area contributed by atoms with Crippen LogP contribution in [0.5, 0.6) is 0 Å². The first kappa shape index (κ1) is 16.1. The normalized spacial score (nSPS) is 41.5. The van der Waals surface area contributed by atoms with Gasteiger partial charge >= 0.3 is 0 Å². The maximum atomic E-state index is 9.91. The summed E-state index contributed by atoms with van der Waals surface area (Å²) in [4.78, 5) is 0. The van der Waals surface area contributed by atoms with Crippen molar-refractivity contribution in [3.05, 3.63) is 0 Å². The Balaban J connectivity index is 1.99. The Kier molecular flexibility index (Phi) is 5.74. The summed E-state index contributed by atoms with van der Waals surface area (Å²) in [5.41, 5.74) is 0. The van der Waals surface area contributed by atoms with Gasteiger partial charge in [0.2, 0.25) is 0 Å². The first-order chi connectivity index (χ1) is 9.54. The SMILES string of the molecule is OCC(O)C1OC(OC2CCCCC2)C(O)C(O)C1O. The van der Waals surface area contributed by atoms with Gasteiger partial charge < -0.3 is 35.0 Å². The van der Waals surface area contributed by atoms with Crippen LogP contribution in [0.15, 0.2) is 0 Å². The molecule has 118 valence electrons. The molecule has 7 heteroatoms. The summed E-state index contributed by atoms with van der Waals surface area (Å²) in [6.45, 7) is -0.610. The molecule has 2 fully saturated rings. The third kappa shape index (κ3) is 3.48. The molecule has 0 aromatic rings. The average molecular weight is 292 g/mol. The minimum absolute atomic E-state index is 0.0576. The van der Waals surface area contributed by atoms with Crippen molar-refractivity contribution < 1.29 is 35.0 Å². The molecule has 1 aliphatic heterocycles. The predicted molar refractivity (Wildman–Crippen MR) is 67.7 cm³/mol. The molecule has 1 aliphatic carbocycles. The van der Waals surface area contributed by atoms with E-state index in [0.29, 0.717) is 0 Å². The van der Waals surface area contributed by atoms with Gasteiger partial charge in [-0.25, -0.2) is 0 Å². The van der Waals surface area contributed by atoms with E-state index in [1.54, 1.807) is 0 Å². The molecule has 1 saturated carbocycles. The van der Waals surface area contributed by atoms with Crippen LogP contribution >= 0.6 is 0 Å². The average Bonchev–Trinajstić information content (AvgIpc) is 2.48. The lowest BCUT2D eigenvalue weighted by molar-refractivity contribution is -0.322. The van der Waals surface area contributed by atoms with Gasteiger partial charge in [-0.05, 0) is 12.8 Å². The first-order valence-electron chi connectivity index (χ1n) is 7.18. The van der Waals surface area contributed by atoms with Crippen molar-refractivity contribution in [1.82, 2.24) is 0 Å². The van der Waals surface area contributed by atoms with Crippen molar-refractivity contribution in [2.75, 3.05) is 6.61 Å². The molecule has 0 aromatic heterocycles. The van der Waals surface area contributed by atoms with Crippen LogP contribution in [-0.4, -0.2) is 75.1 Å². The first-order valence-corrected chi connectivity index (χ1v) is 7.18. The molecule has 2 aliphatic rings. The van der Waals surface area contributed by atoms with Gasteiger partial charge in [0.15, 0.2) is 6.29 Å². The highest BCUT2D eigenvalue weighted by Gasteiger charge is 2.47. The van der Waals surface area contributed by atoms with Gasteiger partial charge in [-0.1, -0.05) is 19.3 Å². The van der Waals surface area contributed by atoms with Crippen molar-refractivity contribution >= 4 is 0 Å². The van der Waals surface area contributed by atoms with E-state index in [0.717, 1.165) is 32.1 Å². The van der Waals surface area contributed by atoms with Crippen molar-refractivity contribution in [1.29, 1.82) is 0 Å². The second-order valence-corrected chi connectivity index (χ2v) is 5.59. The van der Waals surface area contributed by atoms with Gasteiger partial charge in [-0.3, -0.25) is 0 Å². The zero-order valence-corrected chi connectivity index (χ0v) is 11.3. The van der Waals surface area contributed by atoms with Crippen LogP contribution in [0.1, 0.15) is 32.1 Å². The number of aliphatic hydroxyl groups is 5. The number of hydrogen-bond donors (Lipinski definition) is 5. The summed E-state index contributed by atoms with van der Waals surface area (Å²) < 4.78 is 11.0. The van der Waals surface area contributed by atoms with Crippen LogP contribution in [0.4, 0.5) is 0 Å². The Morgan fingerprint density at radius 1 is 1.00 bits per heavy atom. The second kappa shape index (κ2) is 7.13. The van der Waals surface area contributed by atoms with E-state index in [2.05, 4.69) is 0 Å². The van der Waals surface area contributed by atoms with Crippen molar-refractivity contribution in [2.24, 2.45) is 0 Å². The molecule has 0 amide bonds. The predicted octanol–water partition coefficient (Wildman–Crippen LogP) is -1.50. The Morgan fingerprint density at radius 3 is 2.25 bits per heavy atom. The number of ether oxygens (including phenoxy) is 2. The van der Waals surface area contributed by atoms with E-state index in [9.17, 15) is 20.4 Å². The van der Waals surface area contributed by atoms with E-state index in [1.165, 1.54) is 0 Å². The minimum Gasteiger partial charge on any atom is -0.394 e. The van der Waals surface area contributed by atoms with Gasteiger partial charge in [0.25, 0.3) is 0 Å². The maximum absolute atomic E-state index is 9.91. The number of rotatable bonds is 4. The fourth-order valence-electron chi connectivity index (χ4n) is 2.80. The molecule has 20 heavy (non-hydrogen) atoms. The quantitative estimate of drug-likeness (QED) is 0.427. The van der Waals surface area contributed by atoms with E-state index in [1.807, 2.05) is 0 Å². The number of hydrogen-bond acceptors (Lipinski definition) is 7. The second-order valence-electron chi connectivity index (χ2n) is 5.59. The lowest BCUT2D eigenvalue weighted by Gasteiger charge is -2.43. The lowest BCUT2D eigenvalue weighted by atomic mass is 9.94. The van der Waals surface area contributed by atoms with Crippen LogP contribution in [0.25, 0.3) is 0 Å². The molecule has 0 aromatic carbocycles. The molecule has 0 bridgehead atoms. The van der Waals surface area contributed by atoms with Crippen LogP contribution in [0.2, 0.25) is 0 Å². The van der Waals surface area contributed by atoms with Crippen LogP contribution < -0.4 is 0 Å². The zero-order chi connectivity index (χ0) is 14.7. The molecule has 5 N–H and O–H groups in total. The molecule has 0 radical (unpaired) electrons. The monoisotopic (exact) mass is 292 g/mol. The molecule has 6 atom stereocenters. The summed E-state index contributed by atoms with van der Waals surface area (Å²) in [5, 5.41) is 48.0. The Bertz CT molecular complexity index is 294. The van der Waals surface area contributed by atoms with E-state index in [-0.39, 0.29) is 6.10 Å². The lowest BCUT2D eigenvalue weighted by Crippen LogP contribution is -2.62. The van der Waals surface area contributed by atoms with Gasteiger partial charge in [0.1, 0.15) is 30.5 Å². The van der Waals surface area contributed by atoms with Gasteiger partial charge in [0.05, 0.1) is 12.7 Å². The van der Waals surface area contributed by atoms with E-state index >= 15 is 0 Å². The zero-order valence-electron chi connectivity index (χ0n) is 11.3. The highest BCUT2D eigenvalue weighted by atomic mass is 16.7. The smallest absolute Gasteiger partial charge is 0.186 e. The summed E-state index contributed by atoms with van der Waals surface area (Å²) in [5.74, 6) is 0. The van der Waals surface area contributed by atoms with E-state index in [4.69, 9.17) is 14.6 Å². The third-order valence-corrected chi connectivity index (χ3v) is 4.05. The molecule has 0 spiro atoms. The molecular weight excluding hydrogens is 268 g/mol. The van der Waals surface area contributed by atoms with Crippen molar-refractivity contribution in [3.8, 4) is 0 Å². The molecular formula is C13H24O7. The highest BCUT2D eigenvalue weighted by molar-refractivity contribution is 4.92. The largest absolute Gasteiger partial charge is 0.394 e. The fourth-order valence-corrected chi connectivity index (χ4v) is 2.80. The Morgan fingerprint density at radius 2 is 1.65 bits per heavy atom. The minimum atomic E-state index is -1.48. The standard InChI is InChI=1S/C13H24O7/c14-6-8(15)12-10(17)9(16)11(18)13(20-12)19-7-4-2-1-3-5-7/h7-18H,1-6H2. The van der Waals surface area contributed by atoms with Gasteiger partial charge in [-0.2, -0.15) is 0 Å². The van der Waals surface area contributed by atoms with Gasteiger partial charge in [0, 0.05) is 0 Å². The Labute approximate surface area is 117 Å². The summed E-state index contributed by atoms with van der Waals surface area (Å²) in [6, 6.07) is 0. The molecule has 2 rings (SSSR count). The van der Waals surface area contributed by atoms with Crippen molar-refractivity contribution in [3.63, 3.8) is 0 Å². The van der Waals surface area contributed by atoms with Crippen LogP contribution in [0, 0.1) is 0 Å².